The van der Waals surface area contributed by atoms with E-state index in [4.69, 9.17) is 45.8 Å². The monoisotopic (exact) mass is 798 g/mol. The first-order chi connectivity index (χ1) is 26.4. The predicted octanol–water partition coefficient (Wildman–Crippen LogP) is 4.42. The molecule has 3 aliphatic heterocycles. The molecule has 56 heavy (non-hydrogen) atoms. The van der Waals surface area contributed by atoms with Crippen molar-refractivity contribution in [3.8, 4) is 11.5 Å². The lowest BCUT2D eigenvalue weighted by atomic mass is 9.83. The smallest absolute Gasteiger partial charge is 0.409 e. The number of nitrogens with one attached hydrogen (secondary N) is 1. The number of esters is 1. The van der Waals surface area contributed by atoms with E-state index < -0.39 is 71.6 Å². The molecule has 0 aromatic heterocycles. The van der Waals surface area contributed by atoms with Crippen LogP contribution in [0.25, 0.3) is 0 Å². The van der Waals surface area contributed by atoms with Crippen molar-refractivity contribution >= 4 is 46.9 Å². The maximum Gasteiger partial charge on any atom is 0.409 e. The Morgan fingerprint density at radius 2 is 1.84 bits per heavy atom. The number of ether oxygens (including phenoxy) is 6. The van der Waals surface area contributed by atoms with Gasteiger partial charge >= 0.3 is 12.1 Å². The second-order valence-electron chi connectivity index (χ2n) is 14.8. The molecule has 8 atom stereocenters. The largest absolute Gasteiger partial charge is 0.495 e. The quantitative estimate of drug-likeness (QED) is 0.203. The predicted molar refractivity (Wildman–Crippen MR) is 208 cm³/mol. The van der Waals surface area contributed by atoms with Crippen LogP contribution in [-0.4, -0.2) is 111 Å². The number of anilines is 2. The van der Waals surface area contributed by atoms with Crippen LogP contribution in [0.1, 0.15) is 56.5 Å². The van der Waals surface area contributed by atoms with Crippen molar-refractivity contribution < 1.29 is 52.7 Å². The summed E-state index contributed by atoms with van der Waals surface area (Å²) in [6.45, 7) is 6.90. The van der Waals surface area contributed by atoms with Gasteiger partial charge in [-0.2, -0.15) is 0 Å². The van der Waals surface area contributed by atoms with Gasteiger partial charge in [-0.15, -0.1) is 0 Å². The van der Waals surface area contributed by atoms with E-state index in [1.807, 2.05) is 13.0 Å². The Hall–Kier alpha value is -4.83. The summed E-state index contributed by atoms with van der Waals surface area (Å²) in [5.41, 5.74) is 5.47. The molecule has 2 saturated heterocycles. The third kappa shape index (κ3) is 8.60. The van der Waals surface area contributed by atoms with Crippen LogP contribution in [0.3, 0.4) is 0 Å². The Morgan fingerprint density at radius 3 is 2.50 bits per heavy atom. The van der Waals surface area contributed by atoms with E-state index in [2.05, 4.69) is 5.32 Å². The standard InChI is InChI=1S/C40H51ClN4O11/c1-21-11-10-12-31(53-9)40(50)20-30(54-38(49)43-40)22(2)35-39(4,56-35)32(19-33(46)45(6)27-16-24(15-21)17-29(52-8)34(27)41)55-37(48)23(3)44(5)36(47)25-13-14-26(42)28(18-25)51-7/h10-14,16-18,22-23,30-32,35,50H,15,19-20,42H2,1-9H3,(H,43,49)/b12-10+,21-11+/t22-,23+,30+,31-,32+,35+,39+,40+/m1/s1. The van der Waals surface area contributed by atoms with Gasteiger partial charge in [0.05, 0.1) is 38.1 Å². The highest BCUT2D eigenvalue weighted by atomic mass is 35.5. The van der Waals surface area contributed by atoms with E-state index in [1.54, 1.807) is 45.2 Å². The molecule has 4 bridgehead atoms. The number of likely N-dealkylation sites (N-methyl/N-ethyl adjacent to an activating group) is 1. The zero-order chi connectivity index (χ0) is 41.3. The number of halogens is 1. The molecule has 3 amide bonds. The fourth-order valence-electron chi connectivity index (χ4n) is 7.23. The van der Waals surface area contributed by atoms with Gasteiger partial charge in [0, 0.05) is 39.1 Å². The maximum atomic E-state index is 14.2. The molecule has 15 nitrogen and oxygen atoms in total. The lowest BCUT2D eigenvalue weighted by molar-refractivity contribution is -0.158. The Kier molecular flexibility index (Phi) is 12.6. The van der Waals surface area contributed by atoms with Crippen molar-refractivity contribution in [2.75, 3.05) is 46.1 Å². The summed E-state index contributed by atoms with van der Waals surface area (Å²) in [5.74, 6) is -1.66. The van der Waals surface area contributed by atoms with Gasteiger partial charge in [0.2, 0.25) is 5.91 Å². The second kappa shape index (κ2) is 16.7. The molecule has 5 rings (SSSR count). The van der Waals surface area contributed by atoms with E-state index in [0.717, 1.165) is 11.1 Å². The number of benzene rings is 2. The van der Waals surface area contributed by atoms with Crippen LogP contribution >= 0.6 is 11.6 Å². The highest BCUT2D eigenvalue weighted by Crippen LogP contribution is 2.49. The average molecular weight is 799 g/mol. The Morgan fingerprint density at radius 1 is 1.14 bits per heavy atom. The van der Waals surface area contributed by atoms with E-state index in [1.165, 1.54) is 63.3 Å². The Labute approximate surface area is 331 Å². The van der Waals surface area contributed by atoms with Crippen LogP contribution in [0.5, 0.6) is 11.5 Å². The summed E-state index contributed by atoms with van der Waals surface area (Å²) in [6, 6.07) is 6.98. The number of nitrogens with zero attached hydrogens (tertiary/aromatic N) is 2. The van der Waals surface area contributed by atoms with Gasteiger partial charge in [-0.05, 0) is 63.1 Å². The first-order valence-corrected chi connectivity index (χ1v) is 18.5. The van der Waals surface area contributed by atoms with Crippen molar-refractivity contribution in [1.82, 2.24) is 10.2 Å². The van der Waals surface area contributed by atoms with Crippen LogP contribution in [0.2, 0.25) is 5.02 Å². The average Bonchev–Trinajstić information content (AvgIpc) is 3.86. The van der Waals surface area contributed by atoms with Crippen LogP contribution < -0.4 is 25.4 Å². The van der Waals surface area contributed by atoms with Crippen LogP contribution in [0, 0.1) is 5.92 Å². The van der Waals surface area contributed by atoms with E-state index in [0.29, 0.717) is 29.3 Å². The number of amides is 3. The number of aliphatic hydroxyl groups is 1. The molecule has 0 spiro atoms. The molecule has 0 aliphatic carbocycles. The number of hydrogen-bond donors (Lipinski definition) is 3. The summed E-state index contributed by atoms with van der Waals surface area (Å²) in [6.07, 6.45) is 0.676. The Bertz CT molecular complexity index is 1920. The van der Waals surface area contributed by atoms with Gasteiger partial charge in [-0.1, -0.05) is 42.3 Å². The number of nitrogens with two attached hydrogens (primary N) is 1. The number of hydrogen-bond acceptors (Lipinski definition) is 12. The highest BCUT2D eigenvalue weighted by molar-refractivity contribution is 6.35. The molecule has 16 heteroatoms. The van der Waals surface area contributed by atoms with Gasteiger partial charge in [-0.3, -0.25) is 14.9 Å². The summed E-state index contributed by atoms with van der Waals surface area (Å²) in [4.78, 5) is 57.1. The molecule has 2 fully saturated rings. The fourth-order valence-corrected chi connectivity index (χ4v) is 7.54. The SMILES string of the molecule is COc1cc(C(=O)N(C)[C@@H](C)C(=O)O[C@H]2CC(=O)N(C)c3cc(cc(OC)c3Cl)C/C(C)=C/C=C/[C@@H](OC)[C@@]3(O)C[C@H](OC(=O)N3)[C@@H](C)[C@@H]3O[C@@]23C)ccc1N. The molecule has 2 aromatic carbocycles. The van der Waals surface area contributed by atoms with E-state index >= 15 is 0 Å². The lowest BCUT2D eigenvalue weighted by Gasteiger charge is -2.42. The number of fused-ring (bicyclic) bond motifs is 5. The van der Waals surface area contributed by atoms with Gasteiger partial charge in [0.1, 0.15) is 46.5 Å². The molecular formula is C40H51ClN4O11. The molecule has 0 unspecified atom stereocenters. The number of rotatable bonds is 7. The van der Waals surface area contributed by atoms with Crippen molar-refractivity contribution in [1.29, 1.82) is 0 Å². The Balaban J connectivity index is 1.52. The zero-order valence-corrected chi connectivity index (χ0v) is 33.8. The van der Waals surface area contributed by atoms with Crippen molar-refractivity contribution in [2.24, 2.45) is 5.92 Å². The van der Waals surface area contributed by atoms with E-state index in [9.17, 15) is 24.3 Å². The molecule has 4 N–H and O–H groups in total. The molecule has 2 aromatic rings. The summed E-state index contributed by atoms with van der Waals surface area (Å²) >= 11 is 6.77. The fraction of sp³-hybridized carbons (Fsp3) is 0.500. The third-order valence-corrected chi connectivity index (χ3v) is 11.3. The maximum absolute atomic E-state index is 14.2. The summed E-state index contributed by atoms with van der Waals surface area (Å²) in [7, 11) is 7.35. The van der Waals surface area contributed by atoms with Crippen LogP contribution in [-0.2, 0) is 35.0 Å². The number of alkyl carbamates (subject to hydrolysis) is 1. The molecule has 0 saturated carbocycles. The number of carbonyl (C=O) groups excluding carboxylic acids is 4. The summed E-state index contributed by atoms with van der Waals surface area (Å²) < 4.78 is 34.5. The molecule has 3 heterocycles. The number of carbonyl (C=O) groups is 4. The van der Waals surface area contributed by atoms with Gasteiger partial charge in [0.25, 0.3) is 5.91 Å². The van der Waals surface area contributed by atoms with Crippen LogP contribution in [0.15, 0.2) is 54.1 Å². The lowest BCUT2D eigenvalue weighted by Crippen LogP contribution is -2.63. The minimum absolute atomic E-state index is 0.0719. The van der Waals surface area contributed by atoms with Gasteiger partial charge in [-0.25, -0.2) is 9.59 Å². The van der Waals surface area contributed by atoms with Crippen molar-refractivity contribution in [3.05, 3.63) is 70.3 Å². The number of nitrogen functional groups attached to an aromatic ring is 1. The third-order valence-electron chi connectivity index (χ3n) is 10.9. The second-order valence-corrected chi connectivity index (χ2v) is 15.1. The van der Waals surface area contributed by atoms with Crippen molar-refractivity contribution in [2.45, 2.75) is 88.7 Å². The highest BCUT2D eigenvalue weighted by Gasteiger charge is 2.64. The minimum Gasteiger partial charge on any atom is -0.495 e. The van der Waals surface area contributed by atoms with E-state index in [-0.39, 0.29) is 23.4 Å². The first kappa shape index (κ1) is 42.3. The van der Waals surface area contributed by atoms with Gasteiger partial charge in [0.15, 0.2) is 5.72 Å². The molecule has 0 radical (unpaired) electrons. The molecular weight excluding hydrogens is 748 g/mol. The van der Waals surface area contributed by atoms with Crippen LogP contribution in [0.4, 0.5) is 16.2 Å². The first-order valence-electron chi connectivity index (χ1n) is 18.2. The zero-order valence-electron chi connectivity index (χ0n) is 33.1. The molecule has 304 valence electrons. The normalized spacial score (nSPS) is 30.0. The topological polar surface area (TPSA) is 192 Å². The minimum atomic E-state index is -1.85. The number of methoxy groups -OCH3 is 3. The number of epoxide rings is 1. The summed E-state index contributed by atoms with van der Waals surface area (Å²) in [5, 5.41) is 14.5. The molecule has 3 aliphatic rings. The van der Waals surface area contributed by atoms with Gasteiger partial charge < -0.3 is 49.1 Å². The van der Waals surface area contributed by atoms with Crippen molar-refractivity contribution in [3.63, 3.8) is 0 Å². The number of allylic oxidation sites excluding steroid dienone is 3.